The van der Waals surface area contributed by atoms with Gasteiger partial charge in [-0.05, 0) is 33.6 Å². The van der Waals surface area contributed by atoms with E-state index in [4.69, 9.17) is 4.74 Å². The van der Waals surface area contributed by atoms with Crippen LogP contribution in [0, 0.1) is 0 Å². The summed E-state index contributed by atoms with van der Waals surface area (Å²) in [5, 5.41) is 0. The van der Waals surface area contributed by atoms with Gasteiger partial charge in [-0.25, -0.2) is 4.79 Å². The SMILES string of the molecule is CN=C1C[C@H]2CC[C@@H](C1)N2C(=O)OC(C)(C)C. The van der Waals surface area contributed by atoms with E-state index < -0.39 is 5.60 Å². The fraction of sp³-hybridized carbons (Fsp3) is 0.846. The molecule has 0 aromatic rings. The summed E-state index contributed by atoms with van der Waals surface area (Å²) in [6.45, 7) is 5.74. The molecular formula is C13H22N2O2. The van der Waals surface area contributed by atoms with E-state index in [1.54, 1.807) is 0 Å². The molecule has 0 aromatic heterocycles. The molecule has 2 fully saturated rings. The van der Waals surface area contributed by atoms with Crippen molar-refractivity contribution in [2.24, 2.45) is 4.99 Å². The summed E-state index contributed by atoms with van der Waals surface area (Å²) in [6, 6.07) is 0.615. The number of carbonyl (C=O) groups excluding carboxylic acids is 1. The zero-order chi connectivity index (χ0) is 12.6. The Hall–Kier alpha value is -1.06. The van der Waals surface area contributed by atoms with E-state index in [0.29, 0.717) is 12.1 Å². The number of carbonyl (C=O) groups is 1. The average molecular weight is 238 g/mol. The van der Waals surface area contributed by atoms with E-state index in [1.807, 2.05) is 32.7 Å². The van der Waals surface area contributed by atoms with Crippen LogP contribution in [0.3, 0.4) is 0 Å². The van der Waals surface area contributed by atoms with Gasteiger partial charge in [-0.15, -0.1) is 0 Å². The van der Waals surface area contributed by atoms with Crippen molar-refractivity contribution in [2.75, 3.05) is 7.05 Å². The zero-order valence-corrected chi connectivity index (χ0v) is 11.2. The molecule has 0 spiro atoms. The van der Waals surface area contributed by atoms with Crippen molar-refractivity contribution in [3.05, 3.63) is 0 Å². The second kappa shape index (κ2) is 4.31. The lowest BCUT2D eigenvalue weighted by molar-refractivity contribution is 0.0138. The molecule has 2 aliphatic heterocycles. The van der Waals surface area contributed by atoms with Crippen LogP contribution < -0.4 is 0 Å². The maximum absolute atomic E-state index is 12.1. The lowest BCUT2D eigenvalue weighted by Gasteiger charge is -2.36. The largest absolute Gasteiger partial charge is 0.444 e. The van der Waals surface area contributed by atoms with Gasteiger partial charge < -0.3 is 9.64 Å². The quantitative estimate of drug-likeness (QED) is 0.651. The lowest BCUT2D eigenvalue weighted by atomic mass is 10.0. The molecule has 0 unspecified atom stereocenters. The first-order chi connectivity index (χ1) is 7.90. The Kier molecular flexibility index (Phi) is 3.15. The van der Waals surface area contributed by atoms with Crippen molar-refractivity contribution >= 4 is 11.8 Å². The number of ether oxygens (including phenoxy) is 1. The summed E-state index contributed by atoms with van der Waals surface area (Å²) >= 11 is 0. The van der Waals surface area contributed by atoms with E-state index in [0.717, 1.165) is 25.7 Å². The highest BCUT2D eigenvalue weighted by molar-refractivity contribution is 5.88. The first-order valence-electron chi connectivity index (χ1n) is 6.36. The number of nitrogens with zero attached hydrogens (tertiary/aromatic N) is 2. The Morgan fingerprint density at radius 2 is 1.82 bits per heavy atom. The van der Waals surface area contributed by atoms with Crippen LogP contribution in [-0.4, -0.2) is 41.4 Å². The molecule has 1 amide bonds. The highest BCUT2D eigenvalue weighted by Gasteiger charge is 2.43. The number of fused-ring (bicyclic) bond motifs is 2. The van der Waals surface area contributed by atoms with Crippen LogP contribution >= 0.6 is 0 Å². The average Bonchev–Trinajstić information content (AvgIpc) is 2.47. The predicted octanol–water partition coefficient (Wildman–Crippen LogP) is 2.62. The molecule has 0 aliphatic carbocycles. The maximum Gasteiger partial charge on any atom is 0.410 e. The van der Waals surface area contributed by atoms with Gasteiger partial charge >= 0.3 is 6.09 Å². The molecule has 4 heteroatoms. The third kappa shape index (κ3) is 2.61. The molecular weight excluding hydrogens is 216 g/mol. The molecule has 0 radical (unpaired) electrons. The Labute approximate surface area is 103 Å². The van der Waals surface area contributed by atoms with Gasteiger partial charge in [-0.3, -0.25) is 4.99 Å². The Morgan fingerprint density at radius 1 is 1.29 bits per heavy atom. The van der Waals surface area contributed by atoms with Crippen molar-refractivity contribution in [1.82, 2.24) is 4.90 Å². The molecule has 0 aromatic carbocycles. The highest BCUT2D eigenvalue weighted by Crippen LogP contribution is 2.35. The predicted molar refractivity (Wildman–Crippen MR) is 67.5 cm³/mol. The smallest absolute Gasteiger partial charge is 0.410 e. The first-order valence-corrected chi connectivity index (χ1v) is 6.36. The van der Waals surface area contributed by atoms with Crippen LogP contribution in [0.15, 0.2) is 4.99 Å². The van der Waals surface area contributed by atoms with Gasteiger partial charge in [0, 0.05) is 37.7 Å². The van der Waals surface area contributed by atoms with Gasteiger partial charge in [-0.2, -0.15) is 0 Å². The fourth-order valence-electron chi connectivity index (χ4n) is 2.78. The molecule has 2 bridgehead atoms. The van der Waals surface area contributed by atoms with Crippen molar-refractivity contribution in [3.63, 3.8) is 0 Å². The van der Waals surface area contributed by atoms with Gasteiger partial charge in [-0.1, -0.05) is 0 Å². The van der Waals surface area contributed by atoms with E-state index in [1.165, 1.54) is 5.71 Å². The number of hydrogen-bond acceptors (Lipinski definition) is 3. The van der Waals surface area contributed by atoms with E-state index >= 15 is 0 Å². The van der Waals surface area contributed by atoms with Crippen LogP contribution in [0.1, 0.15) is 46.5 Å². The summed E-state index contributed by atoms with van der Waals surface area (Å²) in [4.78, 5) is 18.4. The second-order valence-corrected chi connectivity index (χ2v) is 5.97. The summed E-state index contributed by atoms with van der Waals surface area (Å²) in [7, 11) is 1.85. The minimum absolute atomic E-state index is 0.153. The van der Waals surface area contributed by atoms with Gasteiger partial charge in [0.1, 0.15) is 5.60 Å². The molecule has 2 atom stereocenters. The minimum atomic E-state index is -0.407. The van der Waals surface area contributed by atoms with Crippen molar-refractivity contribution in [2.45, 2.75) is 64.1 Å². The van der Waals surface area contributed by atoms with Gasteiger partial charge in [0.25, 0.3) is 0 Å². The van der Waals surface area contributed by atoms with Crippen LogP contribution in [0.25, 0.3) is 0 Å². The summed E-state index contributed by atoms with van der Waals surface area (Å²) in [5.74, 6) is 0. The molecule has 0 saturated carbocycles. The van der Waals surface area contributed by atoms with Crippen LogP contribution in [0.2, 0.25) is 0 Å². The Balaban J connectivity index is 2.06. The number of piperidine rings is 1. The second-order valence-electron chi connectivity index (χ2n) is 5.97. The van der Waals surface area contributed by atoms with Gasteiger partial charge in [0.2, 0.25) is 0 Å². The van der Waals surface area contributed by atoms with Crippen LogP contribution in [0.4, 0.5) is 4.79 Å². The monoisotopic (exact) mass is 238 g/mol. The third-order valence-electron chi connectivity index (χ3n) is 3.48. The molecule has 2 rings (SSSR count). The summed E-state index contributed by atoms with van der Waals surface area (Å²) in [5.41, 5.74) is 0.840. The number of aliphatic imine (C=N–C) groups is 1. The van der Waals surface area contributed by atoms with Crippen LogP contribution in [-0.2, 0) is 4.74 Å². The molecule has 17 heavy (non-hydrogen) atoms. The topological polar surface area (TPSA) is 41.9 Å². The molecule has 2 aliphatic rings. The summed E-state index contributed by atoms with van der Waals surface area (Å²) < 4.78 is 5.47. The molecule has 0 N–H and O–H groups in total. The normalized spacial score (nSPS) is 30.8. The fourth-order valence-corrected chi connectivity index (χ4v) is 2.78. The molecule has 2 heterocycles. The van der Waals surface area contributed by atoms with Crippen LogP contribution in [0.5, 0.6) is 0 Å². The first kappa shape index (κ1) is 12.4. The number of amides is 1. The summed E-state index contributed by atoms with van der Waals surface area (Å²) in [6.07, 6.45) is 3.87. The third-order valence-corrected chi connectivity index (χ3v) is 3.48. The standard InChI is InChI=1S/C13H22N2O2/c1-13(2,3)17-12(16)15-10-5-6-11(15)8-9(7-10)14-4/h10-11H,5-8H2,1-4H3/t10-,11+. The van der Waals surface area contributed by atoms with Crippen molar-refractivity contribution in [3.8, 4) is 0 Å². The Morgan fingerprint density at radius 3 is 2.24 bits per heavy atom. The van der Waals surface area contributed by atoms with E-state index in [2.05, 4.69) is 4.99 Å². The maximum atomic E-state index is 12.1. The molecule has 4 nitrogen and oxygen atoms in total. The van der Waals surface area contributed by atoms with Crippen molar-refractivity contribution < 1.29 is 9.53 Å². The Bertz CT molecular complexity index is 328. The lowest BCUT2D eigenvalue weighted by Crippen LogP contribution is -2.48. The van der Waals surface area contributed by atoms with E-state index in [9.17, 15) is 4.79 Å². The minimum Gasteiger partial charge on any atom is -0.444 e. The molecule has 96 valence electrons. The highest BCUT2D eigenvalue weighted by atomic mass is 16.6. The van der Waals surface area contributed by atoms with Gasteiger partial charge in [0.05, 0.1) is 0 Å². The van der Waals surface area contributed by atoms with Crippen molar-refractivity contribution in [1.29, 1.82) is 0 Å². The van der Waals surface area contributed by atoms with Gasteiger partial charge in [0.15, 0.2) is 0 Å². The molecule has 2 saturated heterocycles. The number of rotatable bonds is 0. The number of hydrogen-bond donors (Lipinski definition) is 0. The zero-order valence-electron chi connectivity index (χ0n) is 11.2. The van der Waals surface area contributed by atoms with E-state index in [-0.39, 0.29) is 6.09 Å².